The molecule has 0 unspecified atom stereocenters. The number of hydrogen-bond acceptors (Lipinski definition) is 16. The first-order chi connectivity index (χ1) is 31.7. The van der Waals surface area contributed by atoms with Gasteiger partial charge in [0.2, 0.25) is 0 Å². The zero-order valence-corrected chi connectivity index (χ0v) is 42.8. The average molecular weight is 1300 g/mol. The van der Waals surface area contributed by atoms with E-state index in [0.29, 0.717) is 23.3 Å². The van der Waals surface area contributed by atoms with Crippen LogP contribution in [0.2, 0.25) is 0 Å². The molecule has 0 fully saturated rings. The smallest absolute Gasteiger partial charge is 0.457 e. The summed E-state index contributed by atoms with van der Waals surface area (Å²) in [5.41, 5.74) is 7.73. The van der Waals surface area contributed by atoms with Crippen LogP contribution in [-0.2, 0) is 11.0 Å². The van der Waals surface area contributed by atoms with Crippen LogP contribution in [0.5, 0.6) is 0 Å². The Morgan fingerprint density at radius 2 is 0.500 bits per heavy atom. The molecular weight excluding hydrogens is 1260 g/mol. The van der Waals surface area contributed by atoms with E-state index in [2.05, 4.69) is 102 Å². The van der Waals surface area contributed by atoms with E-state index in [1.807, 2.05) is 140 Å². The van der Waals surface area contributed by atoms with Gasteiger partial charge in [0.05, 0.1) is 25.3 Å². The topological polar surface area (TPSA) is 348 Å². The van der Waals surface area contributed by atoms with Crippen molar-refractivity contribution in [1.82, 2.24) is 121 Å². The number of imidazole rings is 4. The fraction of sp³-hybridized carbons (Fsp3) is 0. The fourth-order valence-corrected chi connectivity index (χ4v) is 5.82. The summed E-state index contributed by atoms with van der Waals surface area (Å²) in [5.74, 6) is 2.16. The summed E-state index contributed by atoms with van der Waals surface area (Å²) in [6.45, 7) is 0. The predicted octanol–water partition coefficient (Wildman–Crippen LogP) is 0.121. The molecule has 68 heavy (non-hydrogen) atoms. The van der Waals surface area contributed by atoms with Gasteiger partial charge in [-0.05, 0) is 70.8 Å². The quantitative estimate of drug-likeness (QED) is 0.144. The van der Waals surface area contributed by atoms with Crippen LogP contribution in [0.15, 0.2) is 172 Å². The average Bonchev–Trinajstić information content (AvgIpc) is 4.23. The predicted molar refractivity (Wildman–Crippen MR) is 244 cm³/mol. The summed E-state index contributed by atoms with van der Waals surface area (Å²) in [5, 5.41) is 57.9. The van der Waals surface area contributed by atoms with Crippen LogP contribution in [0.4, 0.5) is 0 Å². The first kappa shape index (κ1) is 50.8. The van der Waals surface area contributed by atoms with Gasteiger partial charge in [-0.3, -0.25) is 41.2 Å². The summed E-state index contributed by atoms with van der Waals surface area (Å²) in [4.78, 5) is 16.0. The summed E-state index contributed by atoms with van der Waals surface area (Å²) in [7, 11) is 0. The van der Waals surface area contributed by atoms with Crippen molar-refractivity contribution in [3.8, 4) is 68.3 Å². The van der Waals surface area contributed by atoms with Crippen molar-refractivity contribution < 1.29 is 11.0 Å². The van der Waals surface area contributed by atoms with Crippen molar-refractivity contribution in [2.24, 2.45) is 0 Å². The van der Waals surface area contributed by atoms with E-state index < -0.39 is 0 Å². The molecule has 0 bridgehead atoms. The second-order valence-corrected chi connectivity index (χ2v) is 12.9. The SMILES string of the molecule is [OH3+].[OH3+].[Pb+2].[Pb+2].c1cn(-c2ccc(-c3nnn[n-]3)cc2)cn1.c1cn(-c2ccc(-c3nnn[n-]3)cc2)cn1.c1cn(-c2ccc(-c3nnn[n-]3)cc2)cn1.c1cn(-c2ccc(-c3nnn[n-]3)cc2)cn1. The van der Waals surface area contributed by atoms with Crippen molar-refractivity contribution in [1.29, 1.82) is 0 Å². The third-order valence-corrected chi connectivity index (χ3v) is 8.99. The van der Waals surface area contributed by atoms with Gasteiger partial charge in [-0.1, -0.05) is 48.5 Å². The van der Waals surface area contributed by atoms with E-state index in [9.17, 15) is 0 Å². The van der Waals surface area contributed by atoms with Crippen molar-refractivity contribution in [2.45, 2.75) is 0 Å². The van der Waals surface area contributed by atoms with E-state index in [1.54, 1.807) is 50.1 Å². The molecule has 0 saturated heterocycles. The maximum atomic E-state index is 3.99. The largest absolute Gasteiger partial charge is 2.00 e. The molecule has 0 atom stereocenters. The molecule has 4 aromatic carbocycles. The standard InChI is InChI=1S/4C10H7N6.2H2O.2Pb/c4*1-3-9(16-6-5-11-7-16)4-2-8(1)10-12-14-15-13-10;;;;/h4*1-7H;2*1H2;;/q4*-1;;;2*+2/p+2. The third-order valence-electron chi connectivity index (χ3n) is 8.99. The monoisotopic (exact) mass is 1300 g/mol. The Balaban J connectivity index is 0.000000166. The maximum absolute atomic E-state index is 3.99. The molecule has 8 aromatic heterocycles. The Hall–Kier alpha value is -8.24. The number of hydrogen-bond donors (Lipinski definition) is 0. The van der Waals surface area contributed by atoms with Crippen LogP contribution < -0.4 is 20.4 Å². The van der Waals surface area contributed by atoms with Gasteiger partial charge in [0.1, 0.15) is 0 Å². The first-order valence-corrected chi connectivity index (χ1v) is 18.8. The molecule has 0 aliphatic heterocycles. The molecular formula is C40H34N24O2Pb2+2. The Kier molecular flexibility index (Phi) is 19.0. The van der Waals surface area contributed by atoms with Crippen molar-refractivity contribution in [3.05, 3.63) is 172 Å². The molecule has 0 spiro atoms. The van der Waals surface area contributed by atoms with Crippen LogP contribution in [0, 0.1) is 0 Å². The third kappa shape index (κ3) is 13.0. The van der Waals surface area contributed by atoms with Gasteiger partial charge in [-0.15, -0.1) is 0 Å². The van der Waals surface area contributed by atoms with Gasteiger partial charge in [-0.25, -0.2) is 19.9 Å². The van der Waals surface area contributed by atoms with Gasteiger partial charge >= 0.3 is 54.6 Å². The van der Waals surface area contributed by atoms with Crippen molar-refractivity contribution in [2.75, 3.05) is 0 Å². The molecule has 0 aliphatic carbocycles. The minimum Gasteiger partial charge on any atom is -0.457 e. The Bertz CT molecular complexity index is 2450. The molecule has 12 rings (SSSR count). The number of aromatic nitrogens is 24. The minimum absolute atomic E-state index is 0. The van der Waals surface area contributed by atoms with E-state index >= 15 is 0 Å². The second-order valence-electron chi connectivity index (χ2n) is 12.9. The summed E-state index contributed by atoms with van der Waals surface area (Å²) < 4.78 is 7.69. The zero-order chi connectivity index (χ0) is 43.2. The molecule has 0 amide bonds. The number of nitrogens with zero attached hydrogens (tertiary/aromatic N) is 24. The van der Waals surface area contributed by atoms with E-state index in [4.69, 9.17) is 0 Å². The van der Waals surface area contributed by atoms with Crippen LogP contribution in [0.1, 0.15) is 0 Å². The molecule has 0 aliphatic rings. The van der Waals surface area contributed by atoms with Crippen LogP contribution in [-0.4, -0.2) is 155 Å². The van der Waals surface area contributed by atoms with Crippen molar-refractivity contribution >= 4 is 54.6 Å². The molecule has 6 N–H and O–H groups in total. The summed E-state index contributed by atoms with van der Waals surface area (Å²) in [6, 6.07) is 31.1. The number of benzene rings is 4. The second kappa shape index (κ2) is 25.5. The molecule has 0 saturated carbocycles. The number of rotatable bonds is 8. The first-order valence-electron chi connectivity index (χ1n) is 18.8. The van der Waals surface area contributed by atoms with Gasteiger partial charge in [0, 0.05) is 95.6 Å². The minimum atomic E-state index is 0. The van der Waals surface area contributed by atoms with E-state index in [1.165, 1.54) is 0 Å². The van der Waals surface area contributed by atoms with Crippen LogP contribution in [0.3, 0.4) is 0 Å². The fourth-order valence-electron chi connectivity index (χ4n) is 5.82. The van der Waals surface area contributed by atoms with Gasteiger partial charge in [0.25, 0.3) is 0 Å². The Morgan fingerprint density at radius 3 is 0.647 bits per heavy atom. The maximum Gasteiger partial charge on any atom is 2.00 e. The summed E-state index contributed by atoms with van der Waals surface area (Å²) in [6.07, 6.45) is 21.5. The molecule has 12 aromatic rings. The van der Waals surface area contributed by atoms with Crippen LogP contribution >= 0.6 is 0 Å². The Morgan fingerprint density at radius 1 is 0.294 bits per heavy atom. The van der Waals surface area contributed by atoms with Crippen LogP contribution in [0.25, 0.3) is 68.3 Å². The molecule has 332 valence electrons. The van der Waals surface area contributed by atoms with Gasteiger partial charge < -0.3 is 49.6 Å². The normalized spacial score (nSPS) is 9.88. The van der Waals surface area contributed by atoms with E-state index in [-0.39, 0.29) is 65.5 Å². The van der Waals surface area contributed by atoms with Crippen molar-refractivity contribution in [3.63, 3.8) is 0 Å². The molecule has 28 heteroatoms. The zero-order valence-electron chi connectivity index (χ0n) is 35.1. The number of tetrazole rings is 4. The van der Waals surface area contributed by atoms with Gasteiger partial charge in [-0.2, -0.15) is 20.9 Å². The molecule has 4 radical (unpaired) electrons. The summed E-state index contributed by atoms with van der Waals surface area (Å²) >= 11 is 0. The Labute approximate surface area is 423 Å². The van der Waals surface area contributed by atoms with E-state index in [0.717, 1.165) is 45.0 Å². The molecule has 26 nitrogen and oxygen atoms in total. The van der Waals surface area contributed by atoms with Gasteiger partial charge in [0.15, 0.2) is 0 Å². The molecule has 8 heterocycles.